The van der Waals surface area contributed by atoms with Crippen molar-refractivity contribution in [2.45, 2.75) is 6.04 Å². The number of ketones is 1. The van der Waals surface area contributed by atoms with Crippen molar-refractivity contribution < 1.29 is 14.3 Å². The van der Waals surface area contributed by atoms with Gasteiger partial charge in [0.25, 0.3) is 0 Å². The van der Waals surface area contributed by atoms with Gasteiger partial charge in [0.2, 0.25) is 0 Å². The van der Waals surface area contributed by atoms with Crippen LogP contribution in [0, 0.1) is 5.82 Å². The normalized spacial score (nSPS) is 12.5. The molecule has 0 saturated heterocycles. The predicted octanol–water partition coefficient (Wildman–Crippen LogP) is 0.328. The summed E-state index contributed by atoms with van der Waals surface area (Å²) in [5, 5.41) is 8.59. The molecule has 0 radical (unpaired) electrons. The molecule has 0 aliphatic heterocycles. The Kier molecular flexibility index (Phi) is 3.11. The highest BCUT2D eigenvalue weighted by Gasteiger charge is 2.17. The minimum Gasteiger partial charge on any atom is -0.394 e. The van der Waals surface area contributed by atoms with Crippen molar-refractivity contribution in [1.29, 1.82) is 0 Å². The van der Waals surface area contributed by atoms with Crippen LogP contribution in [0.15, 0.2) is 24.3 Å². The molecule has 0 bridgehead atoms. The summed E-state index contributed by atoms with van der Waals surface area (Å²) >= 11 is 0. The van der Waals surface area contributed by atoms with Gasteiger partial charge in [0, 0.05) is 0 Å². The Hall–Kier alpha value is -1.26. The molecule has 0 saturated carbocycles. The lowest BCUT2D eigenvalue weighted by Gasteiger charge is -2.06. The fourth-order valence-corrected chi connectivity index (χ4v) is 0.944. The molecule has 70 valence electrons. The second-order valence-electron chi connectivity index (χ2n) is 2.63. The topological polar surface area (TPSA) is 63.3 Å². The molecule has 3 N–H and O–H groups in total. The molecule has 13 heavy (non-hydrogen) atoms. The number of aliphatic hydroxyl groups is 1. The fourth-order valence-electron chi connectivity index (χ4n) is 0.944. The van der Waals surface area contributed by atoms with E-state index in [4.69, 9.17) is 10.8 Å². The van der Waals surface area contributed by atoms with Crippen LogP contribution in [0.5, 0.6) is 0 Å². The van der Waals surface area contributed by atoms with Crippen LogP contribution in [0.4, 0.5) is 4.39 Å². The van der Waals surface area contributed by atoms with Crippen molar-refractivity contribution >= 4 is 5.78 Å². The van der Waals surface area contributed by atoms with Gasteiger partial charge in [-0.2, -0.15) is 0 Å². The van der Waals surface area contributed by atoms with Crippen molar-refractivity contribution in [2.75, 3.05) is 6.61 Å². The van der Waals surface area contributed by atoms with E-state index in [2.05, 4.69) is 0 Å². The molecule has 1 rings (SSSR count). The first-order valence-electron chi connectivity index (χ1n) is 3.82. The molecule has 4 heteroatoms. The molecule has 0 aliphatic rings. The Labute approximate surface area is 75.0 Å². The molecule has 1 atom stereocenters. The summed E-state index contributed by atoms with van der Waals surface area (Å²) in [6.45, 7) is -0.479. The van der Waals surface area contributed by atoms with Crippen LogP contribution >= 0.6 is 0 Å². The molecule has 3 nitrogen and oxygen atoms in total. The van der Waals surface area contributed by atoms with Crippen LogP contribution in [0.2, 0.25) is 0 Å². The van der Waals surface area contributed by atoms with E-state index in [1.54, 1.807) is 6.07 Å². The maximum atomic E-state index is 13.0. The summed E-state index contributed by atoms with van der Waals surface area (Å²) < 4.78 is 13.0. The summed E-state index contributed by atoms with van der Waals surface area (Å²) in [6.07, 6.45) is 0. The zero-order valence-electron chi connectivity index (χ0n) is 6.90. The minimum atomic E-state index is -1.04. The lowest BCUT2D eigenvalue weighted by molar-refractivity contribution is 0.0921. The van der Waals surface area contributed by atoms with Crippen LogP contribution in [0.3, 0.4) is 0 Å². The molecule has 0 aromatic heterocycles. The van der Waals surface area contributed by atoms with Crippen LogP contribution in [0.25, 0.3) is 0 Å². The predicted molar refractivity (Wildman–Crippen MR) is 45.8 cm³/mol. The van der Waals surface area contributed by atoms with E-state index in [-0.39, 0.29) is 5.56 Å². The zero-order chi connectivity index (χ0) is 9.84. The molecule has 1 unspecified atom stereocenters. The Morgan fingerprint density at radius 3 is 2.69 bits per heavy atom. The lowest BCUT2D eigenvalue weighted by atomic mass is 10.1. The molecular formula is C9H10FNO2. The van der Waals surface area contributed by atoms with Gasteiger partial charge in [0.15, 0.2) is 5.78 Å². The highest BCUT2D eigenvalue weighted by atomic mass is 19.1. The summed E-state index contributed by atoms with van der Waals surface area (Å²) in [7, 11) is 0. The molecule has 1 aromatic rings. The lowest BCUT2D eigenvalue weighted by Crippen LogP contribution is -2.34. The number of aliphatic hydroxyl groups excluding tert-OH is 1. The third-order valence-corrected chi connectivity index (χ3v) is 1.67. The number of hydrogen-bond acceptors (Lipinski definition) is 3. The number of nitrogens with two attached hydrogens (primary N) is 1. The van der Waals surface area contributed by atoms with Gasteiger partial charge in [0.05, 0.1) is 18.2 Å². The SMILES string of the molecule is NC(CO)C(=O)c1ccccc1F. The van der Waals surface area contributed by atoms with Crippen LogP contribution < -0.4 is 5.73 Å². The molecule has 0 fully saturated rings. The number of carbonyl (C=O) groups excluding carboxylic acids is 1. The summed E-state index contributed by atoms with van der Waals surface area (Å²) in [4.78, 5) is 11.3. The van der Waals surface area contributed by atoms with Crippen molar-refractivity contribution in [3.63, 3.8) is 0 Å². The van der Waals surface area contributed by atoms with E-state index in [0.29, 0.717) is 0 Å². The van der Waals surface area contributed by atoms with Crippen LogP contribution in [-0.2, 0) is 0 Å². The minimum absolute atomic E-state index is 0.0796. The van der Waals surface area contributed by atoms with Crippen LogP contribution in [0.1, 0.15) is 10.4 Å². The van der Waals surface area contributed by atoms with Crippen molar-refractivity contribution in [2.24, 2.45) is 5.73 Å². The number of rotatable bonds is 3. The van der Waals surface area contributed by atoms with Crippen LogP contribution in [-0.4, -0.2) is 23.5 Å². The average Bonchev–Trinajstić information content (AvgIpc) is 2.16. The number of Topliss-reactive ketones (excluding diaryl/α,β-unsaturated/α-hetero) is 1. The summed E-state index contributed by atoms with van der Waals surface area (Å²) in [5.41, 5.74) is 5.17. The van der Waals surface area contributed by atoms with E-state index in [1.165, 1.54) is 18.2 Å². The third kappa shape index (κ3) is 2.11. The van der Waals surface area contributed by atoms with Gasteiger partial charge in [-0.25, -0.2) is 4.39 Å². The smallest absolute Gasteiger partial charge is 0.184 e. The first-order chi connectivity index (χ1) is 6.16. The summed E-state index contributed by atoms with van der Waals surface area (Å²) in [5.74, 6) is -1.20. The monoisotopic (exact) mass is 183 g/mol. The maximum Gasteiger partial charge on any atom is 0.184 e. The highest BCUT2D eigenvalue weighted by Crippen LogP contribution is 2.08. The molecule has 0 amide bonds. The second-order valence-corrected chi connectivity index (χ2v) is 2.63. The van der Waals surface area contributed by atoms with Gasteiger partial charge in [-0.3, -0.25) is 4.79 Å². The van der Waals surface area contributed by atoms with Crippen molar-refractivity contribution in [1.82, 2.24) is 0 Å². The first kappa shape index (κ1) is 9.83. The molecule has 0 spiro atoms. The average molecular weight is 183 g/mol. The van der Waals surface area contributed by atoms with Gasteiger partial charge in [-0.1, -0.05) is 12.1 Å². The zero-order valence-corrected chi connectivity index (χ0v) is 6.90. The van der Waals surface area contributed by atoms with E-state index in [0.717, 1.165) is 0 Å². The van der Waals surface area contributed by atoms with Crippen molar-refractivity contribution in [3.8, 4) is 0 Å². The first-order valence-corrected chi connectivity index (χ1v) is 3.82. The van der Waals surface area contributed by atoms with Gasteiger partial charge < -0.3 is 10.8 Å². The largest absolute Gasteiger partial charge is 0.394 e. The Balaban J connectivity index is 2.95. The summed E-state index contributed by atoms with van der Waals surface area (Å²) in [6, 6.07) is 4.50. The fraction of sp³-hybridized carbons (Fsp3) is 0.222. The van der Waals surface area contributed by atoms with Gasteiger partial charge >= 0.3 is 0 Å². The Morgan fingerprint density at radius 2 is 2.15 bits per heavy atom. The molecule has 0 heterocycles. The molecule has 1 aromatic carbocycles. The number of hydrogen-bond donors (Lipinski definition) is 2. The van der Waals surface area contributed by atoms with Gasteiger partial charge in [-0.15, -0.1) is 0 Å². The maximum absolute atomic E-state index is 13.0. The van der Waals surface area contributed by atoms with E-state index < -0.39 is 24.2 Å². The van der Waals surface area contributed by atoms with E-state index in [9.17, 15) is 9.18 Å². The quantitative estimate of drug-likeness (QED) is 0.664. The Bertz CT molecular complexity index is 314. The highest BCUT2D eigenvalue weighted by molar-refractivity contribution is 6.00. The second kappa shape index (κ2) is 4.11. The Morgan fingerprint density at radius 1 is 1.54 bits per heavy atom. The number of benzene rings is 1. The van der Waals surface area contributed by atoms with E-state index in [1.807, 2.05) is 0 Å². The third-order valence-electron chi connectivity index (χ3n) is 1.67. The number of halogens is 1. The van der Waals surface area contributed by atoms with E-state index >= 15 is 0 Å². The van der Waals surface area contributed by atoms with Gasteiger partial charge in [0.1, 0.15) is 5.82 Å². The standard InChI is InChI=1S/C9H10FNO2/c10-7-4-2-1-3-6(7)9(13)8(11)5-12/h1-4,8,12H,5,11H2. The van der Waals surface area contributed by atoms with Crippen molar-refractivity contribution in [3.05, 3.63) is 35.6 Å². The molecular weight excluding hydrogens is 173 g/mol. The number of carbonyl (C=O) groups is 1. The molecule has 0 aliphatic carbocycles. The van der Waals surface area contributed by atoms with Gasteiger partial charge in [-0.05, 0) is 12.1 Å².